The molecular weight excluding hydrogens is 226 g/mol. The monoisotopic (exact) mass is 243 g/mol. The van der Waals surface area contributed by atoms with Gasteiger partial charge < -0.3 is 5.73 Å². The van der Waals surface area contributed by atoms with E-state index in [0.717, 1.165) is 17.9 Å². The number of rotatable bonds is 4. The molecule has 0 saturated carbocycles. The van der Waals surface area contributed by atoms with Crippen LogP contribution in [0.5, 0.6) is 0 Å². The van der Waals surface area contributed by atoms with E-state index in [1.54, 1.807) is 0 Å². The molecule has 0 saturated heterocycles. The lowest BCUT2D eigenvalue weighted by molar-refractivity contribution is 1.15. The maximum atomic E-state index is 5.80. The van der Waals surface area contributed by atoms with Crippen molar-refractivity contribution in [2.24, 2.45) is 0 Å². The number of thioether (sulfide) groups is 1. The van der Waals surface area contributed by atoms with E-state index in [0.29, 0.717) is 0 Å². The topological polar surface area (TPSA) is 26.0 Å². The van der Waals surface area contributed by atoms with Crippen LogP contribution < -0.4 is 5.73 Å². The smallest absolute Gasteiger partial charge is 0.0325 e. The Bertz CT molecular complexity index is 480. The first-order valence-electron chi connectivity index (χ1n) is 5.78. The first kappa shape index (κ1) is 12.1. The lowest BCUT2D eigenvalue weighted by Gasteiger charge is -2.06. The molecule has 0 radical (unpaired) electrons. The molecule has 1 nitrogen and oxygen atoms in total. The average molecular weight is 243 g/mol. The van der Waals surface area contributed by atoms with Gasteiger partial charge >= 0.3 is 0 Å². The van der Waals surface area contributed by atoms with Crippen LogP contribution in [-0.2, 0) is 6.42 Å². The first-order chi connectivity index (χ1) is 8.25. The van der Waals surface area contributed by atoms with E-state index in [1.165, 1.54) is 16.0 Å². The van der Waals surface area contributed by atoms with Crippen LogP contribution in [0.1, 0.15) is 11.1 Å². The quantitative estimate of drug-likeness (QED) is 0.651. The van der Waals surface area contributed by atoms with Crippen LogP contribution in [0, 0.1) is 6.92 Å². The molecule has 88 valence electrons. The van der Waals surface area contributed by atoms with Crippen molar-refractivity contribution in [1.29, 1.82) is 0 Å². The highest BCUT2D eigenvalue weighted by Gasteiger charge is 2.00. The normalized spacial score (nSPS) is 10.4. The Kier molecular flexibility index (Phi) is 4.10. The summed E-state index contributed by atoms with van der Waals surface area (Å²) >= 11 is 1.88. The highest BCUT2D eigenvalue weighted by atomic mass is 32.2. The van der Waals surface area contributed by atoms with Gasteiger partial charge in [0.15, 0.2) is 0 Å². The van der Waals surface area contributed by atoms with Gasteiger partial charge in [-0.1, -0.05) is 36.4 Å². The summed E-state index contributed by atoms with van der Waals surface area (Å²) in [6.45, 7) is 2.13. The van der Waals surface area contributed by atoms with Crippen molar-refractivity contribution in [2.75, 3.05) is 11.5 Å². The van der Waals surface area contributed by atoms with Crippen LogP contribution in [0.3, 0.4) is 0 Å². The summed E-state index contributed by atoms with van der Waals surface area (Å²) in [5.41, 5.74) is 9.34. The Labute approximate surface area is 107 Å². The minimum atomic E-state index is 0.845. The fourth-order valence-electron chi connectivity index (χ4n) is 1.70. The zero-order valence-corrected chi connectivity index (χ0v) is 10.8. The van der Waals surface area contributed by atoms with Crippen molar-refractivity contribution < 1.29 is 0 Å². The number of aryl methyl sites for hydroxylation is 2. The number of hydrogen-bond donors (Lipinski definition) is 1. The van der Waals surface area contributed by atoms with Crippen molar-refractivity contribution in [3.05, 3.63) is 59.7 Å². The molecule has 0 spiro atoms. The molecular formula is C15H17NS. The second-order valence-corrected chi connectivity index (χ2v) is 5.25. The zero-order valence-electron chi connectivity index (χ0n) is 10.0. The number of nitrogens with two attached hydrogens (primary N) is 1. The number of hydrogen-bond acceptors (Lipinski definition) is 2. The zero-order chi connectivity index (χ0) is 12.1. The van der Waals surface area contributed by atoms with Crippen LogP contribution in [0.2, 0.25) is 0 Å². The highest BCUT2D eigenvalue weighted by molar-refractivity contribution is 7.99. The molecule has 0 aromatic heterocycles. The lowest BCUT2D eigenvalue weighted by atomic mass is 10.2. The molecule has 0 bridgehead atoms. The Balaban J connectivity index is 1.92. The molecule has 17 heavy (non-hydrogen) atoms. The molecule has 0 fully saturated rings. The third-order valence-electron chi connectivity index (χ3n) is 2.70. The summed E-state index contributed by atoms with van der Waals surface area (Å²) < 4.78 is 0. The summed E-state index contributed by atoms with van der Waals surface area (Å²) in [5, 5.41) is 0. The predicted molar refractivity (Wildman–Crippen MR) is 76.5 cm³/mol. The van der Waals surface area contributed by atoms with Crippen LogP contribution in [0.25, 0.3) is 0 Å². The van der Waals surface area contributed by atoms with Gasteiger partial charge in [-0.2, -0.15) is 0 Å². The van der Waals surface area contributed by atoms with E-state index >= 15 is 0 Å². The summed E-state index contributed by atoms with van der Waals surface area (Å²) in [4.78, 5) is 1.29. The molecule has 0 heterocycles. The molecule has 0 aliphatic carbocycles. The minimum absolute atomic E-state index is 0.845. The summed E-state index contributed by atoms with van der Waals surface area (Å²) in [7, 11) is 0. The SMILES string of the molecule is Cc1ccc(N)cc1SCCc1ccccc1. The van der Waals surface area contributed by atoms with Crippen molar-refractivity contribution in [3.63, 3.8) is 0 Å². The van der Waals surface area contributed by atoms with E-state index in [4.69, 9.17) is 5.73 Å². The maximum Gasteiger partial charge on any atom is 0.0325 e. The summed E-state index contributed by atoms with van der Waals surface area (Å²) in [5.74, 6) is 1.09. The van der Waals surface area contributed by atoms with Crippen molar-refractivity contribution in [1.82, 2.24) is 0 Å². The van der Waals surface area contributed by atoms with Gasteiger partial charge in [0.25, 0.3) is 0 Å². The number of benzene rings is 2. The van der Waals surface area contributed by atoms with Gasteiger partial charge in [-0.15, -0.1) is 11.8 Å². The van der Waals surface area contributed by atoms with Gasteiger partial charge in [0.1, 0.15) is 0 Å². The molecule has 2 aromatic carbocycles. The fraction of sp³-hybridized carbons (Fsp3) is 0.200. The van der Waals surface area contributed by atoms with Crippen LogP contribution >= 0.6 is 11.8 Å². The van der Waals surface area contributed by atoms with Crippen LogP contribution in [0.4, 0.5) is 5.69 Å². The first-order valence-corrected chi connectivity index (χ1v) is 6.77. The molecule has 2 rings (SSSR count). The Morgan fingerprint density at radius 1 is 1.06 bits per heavy atom. The molecule has 2 N–H and O–H groups in total. The highest BCUT2D eigenvalue weighted by Crippen LogP contribution is 2.25. The van der Waals surface area contributed by atoms with Gasteiger partial charge in [-0.05, 0) is 36.6 Å². The molecule has 2 heteroatoms. The van der Waals surface area contributed by atoms with Gasteiger partial charge in [0.05, 0.1) is 0 Å². The molecule has 0 aliphatic heterocycles. The predicted octanol–water partition coefficient (Wildman–Crippen LogP) is 3.91. The standard InChI is InChI=1S/C15H17NS/c1-12-7-8-14(16)11-15(12)17-10-9-13-5-3-2-4-6-13/h2-8,11H,9-10,16H2,1H3. The van der Waals surface area contributed by atoms with Crippen LogP contribution in [-0.4, -0.2) is 5.75 Å². The van der Waals surface area contributed by atoms with Crippen molar-refractivity contribution >= 4 is 17.4 Å². The molecule has 0 amide bonds. The van der Waals surface area contributed by atoms with Crippen molar-refractivity contribution in [3.8, 4) is 0 Å². The average Bonchev–Trinajstić information content (AvgIpc) is 2.35. The second kappa shape index (κ2) is 5.78. The van der Waals surface area contributed by atoms with Crippen molar-refractivity contribution in [2.45, 2.75) is 18.2 Å². The minimum Gasteiger partial charge on any atom is -0.399 e. The summed E-state index contributed by atoms with van der Waals surface area (Å²) in [6.07, 6.45) is 1.10. The van der Waals surface area contributed by atoms with E-state index in [9.17, 15) is 0 Å². The van der Waals surface area contributed by atoms with E-state index in [2.05, 4.69) is 49.4 Å². The number of anilines is 1. The third-order valence-corrected chi connectivity index (χ3v) is 3.86. The van der Waals surface area contributed by atoms with E-state index < -0.39 is 0 Å². The van der Waals surface area contributed by atoms with Gasteiger partial charge in [-0.3, -0.25) is 0 Å². The third kappa shape index (κ3) is 3.53. The van der Waals surface area contributed by atoms with Gasteiger partial charge in [-0.25, -0.2) is 0 Å². The van der Waals surface area contributed by atoms with Gasteiger partial charge in [0.2, 0.25) is 0 Å². The molecule has 0 atom stereocenters. The number of nitrogen functional groups attached to an aromatic ring is 1. The Morgan fingerprint density at radius 2 is 1.82 bits per heavy atom. The maximum absolute atomic E-state index is 5.80. The summed E-state index contributed by atoms with van der Waals surface area (Å²) in [6, 6.07) is 16.7. The largest absolute Gasteiger partial charge is 0.399 e. The van der Waals surface area contributed by atoms with E-state index in [-0.39, 0.29) is 0 Å². The Hall–Kier alpha value is -1.41. The molecule has 0 unspecified atom stereocenters. The van der Waals surface area contributed by atoms with Gasteiger partial charge in [0, 0.05) is 16.3 Å². The van der Waals surface area contributed by atoms with E-state index in [1.807, 2.05) is 17.8 Å². The molecule has 2 aromatic rings. The Morgan fingerprint density at radius 3 is 2.59 bits per heavy atom. The lowest BCUT2D eigenvalue weighted by Crippen LogP contribution is -1.91. The molecule has 0 aliphatic rings. The fourth-order valence-corrected chi connectivity index (χ4v) is 2.77. The second-order valence-electron chi connectivity index (χ2n) is 4.11. The van der Waals surface area contributed by atoms with Crippen LogP contribution in [0.15, 0.2) is 53.4 Å².